The Bertz CT molecular complexity index is 707. The maximum Gasteiger partial charge on any atom is 0.224 e. The fourth-order valence-electron chi connectivity index (χ4n) is 3.14. The molecule has 1 atom stereocenters. The lowest BCUT2D eigenvalue weighted by atomic mass is 10.1. The van der Waals surface area contributed by atoms with Crippen molar-refractivity contribution in [3.8, 4) is 11.6 Å². The van der Waals surface area contributed by atoms with Gasteiger partial charge in [0, 0.05) is 36.8 Å². The van der Waals surface area contributed by atoms with Crippen LogP contribution in [0, 0.1) is 5.92 Å². The van der Waals surface area contributed by atoms with Crippen molar-refractivity contribution in [1.82, 2.24) is 14.9 Å². The maximum atomic E-state index is 5.91. The van der Waals surface area contributed by atoms with Crippen LogP contribution in [0.2, 0.25) is 5.02 Å². The van der Waals surface area contributed by atoms with E-state index in [-0.39, 0.29) is 0 Å². The topological polar surface area (TPSA) is 41.5 Å². The van der Waals surface area contributed by atoms with Gasteiger partial charge in [-0.25, -0.2) is 9.97 Å². The van der Waals surface area contributed by atoms with Gasteiger partial charge in [-0.3, -0.25) is 4.90 Å². The molecule has 0 bridgehead atoms. The van der Waals surface area contributed by atoms with Gasteiger partial charge in [-0.15, -0.1) is 0 Å². The second-order valence-electron chi connectivity index (χ2n) is 7.28. The number of halogens is 1. The molecule has 0 N–H and O–H groups in total. The summed E-state index contributed by atoms with van der Waals surface area (Å²) in [4.78, 5) is 13.6. The summed E-state index contributed by atoms with van der Waals surface area (Å²) < 4.78 is 5.83. The molecule has 26 heavy (non-hydrogen) atoms. The molecule has 140 valence electrons. The minimum Gasteiger partial charge on any atom is -0.439 e. The van der Waals surface area contributed by atoms with E-state index in [9.17, 15) is 0 Å². The Morgan fingerprint density at radius 3 is 2.65 bits per heavy atom. The predicted octanol–water partition coefficient (Wildman–Crippen LogP) is 4.48. The van der Waals surface area contributed by atoms with Crippen molar-refractivity contribution in [2.45, 2.75) is 33.2 Å². The van der Waals surface area contributed by atoms with E-state index in [1.807, 2.05) is 18.2 Å². The molecular weight excluding hydrogens is 348 g/mol. The van der Waals surface area contributed by atoms with Crippen LogP contribution in [0.3, 0.4) is 0 Å². The van der Waals surface area contributed by atoms with Gasteiger partial charge in [-0.1, -0.05) is 25.4 Å². The highest BCUT2D eigenvalue weighted by Crippen LogP contribution is 2.25. The third-order valence-electron chi connectivity index (χ3n) is 4.75. The van der Waals surface area contributed by atoms with Crippen molar-refractivity contribution in [2.24, 2.45) is 5.92 Å². The lowest BCUT2D eigenvalue weighted by molar-refractivity contribution is 0.179. The van der Waals surface area contributed by atoms with Crippen LogP contribution >= 0.6 is 11.6 Å². The standard InChI is InChI=1S/C20H27ClN4O/c1-15(2)8-9-24-10-11-25(13-16(24)3)19-12-20(23-14-22-19)26-18-6-4-17(21)5-7-18/h4-7,12,14-16H,8-11,13H2,1-3H3/t16-/m1/s1. The Morgan fingerprint density at radius 1 is 1.19 bits per heavy atom. The zero-order valence-corrected chi connectivity index (χ0v) is 16.5. The van der Waals surface area contributed by atoms with Crippen LogP contribution in [0.1, 0.15) is 27.2 Å². The van der Waals surface area contributed by atoms with Crippen molar-refractivity contribution in [3.63, 3.8) is 0 Å². The zero-order chi connectivity index (χ0) is 18.5. The summed E-state index contributed by atoms with van der Waals surface area (Å²) >= 11 is 5.91. The number of hydrogen-bond acceptors (Lipinski definition) is 5. The Hall–Kier alpha value is -1.85. The third kappa shape index (κ3) is 5.08. The summed E-state index contributed by atoms with van der Waals surface area (Å²) in [5.41, 5.74) is 0. The molecular formula is C20H27ClN4O. The number of piperazine rings is 1. The van der Waals surface area contributed by atoms with E-state index >= 15 is 0 Å². The van der Waals surface area contributed by atoms with Gasteiger partial charge in [-0.05, 0) is 50.1 Å². The van der Waals surface area contributed by atoms with E-state index in [0.717, 1.165) is 31.4 Å². The normalized spacial score (nSPS) is 18.3. The van der Waals surface area contributed by atoms with Crippen molar-refractivity contribution < 1.29 is 4.74 Å². The largest absolute Gasteiger partial charge is 0.439 e. The molecule has 6 heteroatoms. The monoisotopic (exact) mass is 374 g/mol. The first-order chi connectivity index (χ1) is 12.5. The molecule has 0 aliphatic carbocycles. The van der Waals surface area contributed by atoms with Crippen LogP contribution in [0.5, 0.6) is 11.6 Å². The van der Waals surface area contributed by atoms with E-state index in [0.29, 0.717) is 22.7 Å². The molecule has 1 aromatic heterocycles. The number of rotatable bonds is 6. The summed E-state index contributed by atoms with van der Waals surface area (Å²) in [6.07, 6.45) is 2.81. The number of aromatic nitrogens is 2. The Labute approximate surface area is 161 Å². The van der Waals surface area contributed by atoms with Crippen molar-refractivity contribution in [3.05, 3.63) is 41.7 Å². The molecule has 2 aromatic rings. The van der Waals surface area contributed by atoms with Gasteiger partial charge in [0.15, 0.2) is 0 Å². The number of anilines is 1. The molecule has 1 aliphatic rings. The van der Waals surface area contributed by atoms with E-state index in [4.69, 9.17) is 16.3 Å². The summed E-state index contributed by atoms with van der Waals surface area (Å²) in [6.45, 7) is 11.0. The molecule has 0 spiro atoms. The van der Waals surface area contributed by atoms with Gasteiger partial charge in [-0.2, -0.15) is 0 Å². The average molecular weight is 375 g/mol. The van der Waals surface area contributed by atoms with Gasteiger partial charge in [0.2, 0.25) is 5.88 Å². The fourth-order valence-corrected chi connectivity index (χ4v) is 3.27. The van der Waals surface area contributed by atoms with Crippen LogP contribution in [0.15, 0.2) is 36.7 Å². The van der Waals surface area contributed by atoms with Crippen LogP contribution in [-0.2, 0) is 0 Å². The minimum atomic E-state index is 0.512. The first-order valence-corrected chi connectivity index (χ1v) is 9.63. The summed E-state index contributed by atoms with van der Waals surface area (Å²) in [5, 5.41) is 0.685. The van der Waals surface area contributed by atoms with Gasteiger partial charge in [0.1, 0.15) is 17.9 Å². The third-order valence-corrected chi connectivity index (χ3v) is 5.00. The first-order valence-electron chi connectivity index (χ1n) is 9.25. The molecule has 3 rings (SSSR count). The van der Waals surface area contributed by atoms with E-state index in [2.05, 4.69) is 40.5 Å². The Morgan fingerprint density at radius 2 is 1.96 bits per heavy atom. The number of benzene rings is 1. The Kier molecular flexibility index (Phi) is 6.33. The predicted molar refractivity (Wildman–Crippen MR) is 106 cm³/mol. The number of hydrogen-bond donors (Lipinski definition) is 0. The van der Waals surface area contributed by atoms with E-state index < -0.39 is 0 Å². The smallest absolute Gasteiger partial charge is 0.224 e. The van der Waals surface area contributed by atoms with Crippen LogP contribution < -0.4 is 9.64 Å². The summed E-state index contributed by atoms with van der Waals surface area (Å²) in [5.74, 6) is 2.92. The Balaban J connectivity index is 1.62. The van der Waals surface area contributed by atoms with Gasteiger partial charge in [0.05, 0.1) is 0 Å². The van der Waals surface area contributed by atoms with Crippen molar-refractivity contribution in [1.29, 1.82) is 0 Å². The molecule has 1 aliphatic heterocycles. The zero-order valence-electron chi connectivity index (χ0n) is 15.7. The summed E-state index contributed by atoms with van der Waals surface area (Å²) in [7, 11) is 0. The number of ether oxygens (including phenoxy) is 1. The lowest BCUT2D eigenvalue weighted by Crippen LogP contribution is -2.52. The van der Waals surface area contributed by atoms with E-state index in [1.54, 1.807) is 18.5 Å². The molecule has 2 heterocycles. The maximum absolute atomic E-state index is 5.91. The quantitative estimate of drug-likeness (QED) is 0.745. The van der Waals surface area contributed by atoms with Gasteiger partial charge >= 0.3 is 0 Å². The van der Waals surface area contributed by atoms with Gasteiger partial charge < -0.3 is 9.64 Å². The molecule has 0 saturated carbocycles. The number of nitrogens with zero attached hydrogens (tertiary/aromatic N) is 4. The van der Waals surface area contributed by atoms with Crippen molar-refractivity contribution in [2.75, 3.05) is 31.1 Å². The molecule has 1 fully saturated rings. The molecule has 1 saturated heterocycles. The summed E-state index contributed by atoms with van der Waals surface area (Å²) in [6, 6.07) is 9.69. The van der Waals surface area contributed by atoms with E-state index in [1.165, 1.54) is 13.0 Å². The van der Waals surface area contributed by atoms with Gasteiger partial charge in [0.25, 0.3) is 0 Å². The van der Waals surface area contributed by atoms with Crippen LogP contribution in [-0.4, -0.2) is 47.1 Å². The molecule has 5 nitrogen and oxygen atoms in total. The van der Waals surface area contributed by atoms with Crippen LogP contribution in [0.25, 0.3) is 0 Å². The lowest BCUT2D eigenvalue weighted by Gasteiger charge is -2.40. The molecule has 1 aromatic carbocycles. The fraction of sp³-hybridized carbons (Fsp3) is 0.500. The minimum absolute atomic E-state index is 0.512. The second-order valence-corrected chi connectivity index (χ2v) is 7.72. The van der Waals surface area contributed by atoms with Crippen molar-refractivity contribution >= 4 is 17.4 Å². The van der Waals surface area contributed by atoms with Crippen LogP contribution in [0.4, 0.5) is 5.82 Å². The SMILES string of the molecule is CC(C)CCN1CCN(c2cc(Oc3ccc(Cl)cc3)ncn2)C[C@H]1C. The average Bonchev–Trinajstić information content (AvgIpc) is 2.63. The molecule has 0 amide bonds. The molecule has 0 unspecified atom stereocenters. The molecule has 0 radical (unpaired) electrons. The highest BCUT2D eigenvalue weighted by atomic mass is 35.5. The first kappa shape index (κ1) is 18.9. The highest BCUT2D eigenvalue weighted by molar-refractivity contribution is 6.30. The second kappa shape index (κ2) is 8.69. The highest BCUT2D eigenvalue weighted by Gasteiger charge is 2.24.